The SMILES string of the molecule is CCCNC1CC(C)CN(C(=O)CCC)C1. The van der Waals surface area contributed by atoms with Gasteiger partial charge < -0.3 is 10.2 Å². The highest BCUT2D eigenvalue weighted by molar-refractivity contribution is 5.76. The number of hydrogen-bond acceptors (Lipinski definition) is 2. The van der Waals surface area contributed by atoms with Crippen LogP contribution >= 0.6 is 0 Å². The van der Waals surface area contributed by atoms with Gasteiger partial charge >= 0.3 is 0 Å². The van der Waals surface area contributed by atoms with Gasteiger partial charge in [-0.25, -0.2) is 0 Å². The maximum Gasteiger partial charge on any atom is 0.222 e. The first kappa shape index (κ1) is 13.5. The van der Waals surface area contributed by atoms with Crippen molar-refractivity contribution in [3.05, 3.63) is 0 Å². The van der Waals surface area contributed by atoms with Crippen molar-refractivity contribution >= 4 is 5.91 Å². The Morgan fingerprint density at radius 2 is 2.06 bits per heavy atom. The summed E-state index contributed by atoms with van der Waals surface area (Å²) in [7, 11) is 0. The lowest BCUT2D eigenvalue weighted by molar-refractivity contribution is -0.133. The predicted octanol–water partition coefficient (Wildman–Crippen LogP) is 2.02. The lowest BCUT2D eigenvalue weighted by Crippen LogP contribution is -2.50. The number of piperidine rings is 1. The fourth-order valence-electron chi connectivity index (χ4n) is 2.42. The van der Waals surface area contributed by atoms with Crippen molar-refractivity contribution < 1.29 is 4.79 Å². The van der Waals surface area contributed by atoms with Gasteiger partial charge in [0, 0.05) is 25.6 Å². The molecule has 0 aliphatic carbocycles. The van der Waals surface area contributed by atoms with Crippen LogP contribution in [0.4, 0.5) is 0 Å². The molecule has 94 valence electrons. The van der Waals surface area contributed by atoms with Crippen LogP contribution in [0.3, 0.4) is 0 Å². The van der Waals surface area contributed by atoms with E-state index >= 15 is 0 Å². The third-order valence-electron chi connectivity index (χ3n) is 3.16. The van der Waals surface area contributed by atoms with Gasteiger partial charge in [0.05, 0.1) is 0 Å². The van der Waals surface area contributed by atoms with E-state index in [1.165, 1.54) is 6.42 Å². The molecule has 0 radical (unpaired) electrons. The molecule has 16 heavy (non-hydrogen) atoms. The Kier molecular flexibility index (Phi) is 5.81. The molecule has 0 spiro atoms. The van der Waals surface area contributed by atoms with Crippen molar-refractivity contribution in [3.8, 4) is 0 Å². The molecule has 1 aliphatic rings. The van der Waals surface area contributed by atoms with Crippen molar-refractivity contribution in [2.75, 3.05) is 19.6 Å². The number of rotatable bonds is 5. The molecule has 2 unspecified atom stereocenters. The van der Waals surface area contributed by atoms with Crippen LogP contribution in [-0.4, -0.2) is 36.5 Å². The maximum absolute atomic E-state index is 11.9. The molecule has 0 aromatic carbocycles. The minimum atomic E-state index is 0.331. The number of carbonyl (C=O) groups excluding carboxylic acids is 1. The van der Waals surface area contributed by atoms with Gasteiger partial charge in [-0.05, 0) is 31.7 Å². The molecule has 0 saturated carbocycles. The van der Waals surface area contributed by atoms with Crippen molar-refractivity contribution in [3.63, 3.8) is 0 Å². The summed E-state index contributed by atoms with van der Waals surface area (Å²) in [5.74, 6) is 0.960. The second kappa shape index (κ2) is 6.89. The number of carbonyl (C=O) groups is 1. The van der Waals surface area contributed by atoms with Crippen LogP contribution in [0.1, 0.15) is 46.5 Å². The number of amides is 1. The summed E-state index contributed by atoms with van der Waals surface area (Å²) in [5.41, 5.74) is 0. The van der Waals surface area contributed by atoms with Crippen LogP contribution in [0.2, 0.25) is 0 Å². The number of nitrogens with one attached hydrogen (secondary N) is 1. The van der Waals surface area contributed by atoms with E-state index in [0.717, 1.165) is 32.5 Å². The molecule has 1 saturated heterocycles. The van der Waals surface area contributed by atoms with Gasteiger partial charge in [0.2, 0.25) is 5.91 Å². The van der Waals surface area contributed by atoms with Gasteiger partial charge in [-0.15, -0.1) is 0 Å². The average Bonchev–Trinajstić information content (AvgIpc) is 2.26. The Labute approximate surface area is 99.6 Å². The highest BCUT2D eigenvalue weighted by atomic mass is 16.2. The minimum absolute atomic E-state index is 0.331. The van der Waals surface area contributed by atoms with Crippen LogP contribution < -0.4 is 5.32 Å². The molecular weight excluding hydrogens is 200 g/mol. The predicted molar refractivity (Wildman–Crippen MR) is 67.4 cm³/mol. The lowest BCUT2D eigenvalue weighted by Gasteiger charge is -2.37. The van der Waals surface area contributed by atoms with Gasteiger partial charge in [0.15, 0.2) is 0 Å². The summed E-state index contributed by atoms with van der Waals surface area (Å²) in [4.78, 5) is 13.9. The zero-order chi connectivity index (χ0) is 12.0. The van der Waals surface area contributed by atoms with E-state index in [4.69, 9.17) is 0 Å². The molecule has 1 amide bonds. The number of hydrogen-bond donors (Lipinski definition) is 1. The lowest BCUT2D eigenvalue weighted by atomic mass is 9.95. The van der Waals surface area contributed by atoms with E-state index in [1.807, 2.05) is 4.90 Å². The van der Waals surface area contributed by atoms with Crippen molar-refractivity contribution in [1.29, 1.82) is 0 Å². The second-order valence-electron chi connectivity index (χ2n) is 5.04. The first-order valence-electron chi connectivity index (χ1n) is 6.68. The summed E-state index contributed by atoms with van der Waals surface area (Å²) in [5, 5.41) is 3.53. The largest absolute Gasteiger partial charge is 0.341 e. The smallest absolute Gasteiger partial charge is 0.222 e. The fourth-order valence-corrected chi connectivity index (χ4v) is 2.42. The molecular formula is C13H26N2O. The summed E-state index contributed by atoms with van der Waals surface area (Å²) in [6.45, 7) is 9.41. The summed E-state index contributed by atoms with van der Waals surface area (Å²) in [6, 6.07) is 0.504. The van der Waals surface area contributed by atoms with Gasteiger partial charge in [-0.3, -0.25) is 4.79 Å². The van der Waals surface area contributed by atoms with Crippen LogP contribution in [0.25, 0.3) is 0 Å². The third-order valence-corrected chi connectivity index (χ3v) is 3.16. The van der Waals surface area contributed by atoms with Crippen LogP contribution in [0.5, 0.6) is 0 Å². The molecule has 1 N–H and O–H groups in total. The molecule has 3 heteroatoms. The van der Waals surface area contributed by atoms with Crippen molar-refractivity contribution in [1.82, 2.24) is 10.2 Å². The van der Waals surface area contributed by atoms with E-state index in [2.05, 4.69) is 26.1 Å². The van der Waals surface area contributed by atoms with Crippen molar-refractivity contribution in [2.45, 2.75) is 52.5 Å². The molecule has 1 heterocycles. The number of likely N-dealkylation sites (tertiary alicyclic amines) is 1. The first-order chi connectivity index (χ1) is 7.67. The van der Waals surface area contributed by atoms with E-state index < -0.39 is 0 Å². The minimum Gasteiger partial charge on any atom is -0.341 e. The van der Waals surface area contributed by atoms with E-state index in [9.17, 15) is 4.79 Å². The van der Waals surface area contributed by atoms with Gasteiger partial charge in [0.25, 0.3) is 0 Å². The van der Waals surface area contributed by atoms with Crippen molar-refractivity contribution in [2.24, 2.45) is 5.92 Å². The Hall–Kier alpha value is -0.570. The Bertz CT molecular complexity index is 218. The summed E-state index contributed by atoms with van der Waals surface area (Å²) >= 11 is 0. The maximum atomic E-state index is 11.9. The Balaban J connectivity index is 2.43. The zero-order valence-electron chi connectivity index (χ0n) is 11.0. The average molecular weight is 226 g/mol. The van der Waals surface area contributed by atoms with Crippen LogP contribution in [0, 0.1) is 5.92 Å². The highest BCUT2D eigenvalue weighted by Crippen LogP contribution is 2.17. The molecule has 2 atom stereocenters. The molecule has 1 rings (SSSR count). The summed E-state index contributed by atoms with van der Waals surface area (Å²) < 4.78 is 0. The molecule has 0 bridgehead atoms. The first-order valence-corrected chi connectivity index (χ1v) is 6.68. The third kappa shape index (κ3) is 4.12. The number of nitrogens with zero attached hydrogens (tertiary/aromatic N) is 1. The Morgan fingerprint density at radius 3 is 2.69 bits per heavy atom. The van der Waals surface area contributed by atoms with Gasteiger partial charge in [-0.1, -0.05) is 20.8 Å². The normalized spacial score (nSPS) is 25.8. The fraction of sp³-hybridized carbons (Fsp3) is 0.923. The monoisotopic (exact) mass is 226 g/mol. The second-order valence-corrected chi connectivity index (χ2v) is 5.04. The standard InChI is InChI=1S/C13H26N2O/c1-4-6-13(16)15-9-11(3)8-12(10-15)14-7-5-2/h11-12,14H,4-10H2,1-3H3. The van der Waals surface area contributed by atoms with E-state index in [-0.39, 0.29) is 0 Å². The van der Waals surface area contributed by atoms with E-state index in [1.54, 1.807) is 0 Å². The quantitative estimate of drug-likeness (QED) is 0.778. The van der Waals surface area contributed by atoms with Crippen LogP contribution in [0.15, 0.2) is 0 Å². The van der Waals surface area contributed by atoms with Crippen LogP contribution in [-0.2, 0) is 4.79 Å². The molecule has 0 aromatic heterocycles. The topological polar surface area (TPSA) is 32.3 Å². The van der Waals surface area contributed by atoms with Gasteiger partial charge in [-0.2, -0.15) is 0 Å². The highest BCUT2D eigenvalue weighted by Gasteiger charge is 2.26. The summed E-state index contributed by atoms with van der Waals surface area (Å²) in [6.07, 6.45) is 4.02. The molecule has 1 aliphatic heterocycles. The molecule has 0 aromatic rings. The molecule has 1 fully saturated rings. The van der Waals surface area contributed by atoms with E-state index in [0.29, 0.717) is 24.3 Å². The molecule has 3 nitrogen and oxygen atoms in total. The Morgan fingerprint density at radius 1 is 1.31 bits per heavy atom. The van der Waals surface area contributed by atoms with Gasteiger partial charge in [0.1, 0.15) is 0 Å². The zero-order valence-corrected chi connectivity index (χ0v) is 11.0.